The fourth-order valence-corrected chi connectivity index (χ4v) is 1.58. The Hall–Kier alpha value is -0.570. The van der Waals surface area contributed by atoms with Crippen molar-refractivity contribution in [3.8, 4) is 0 Å². The summed E-state index contributed by atoms with van der Waals surface area (Å²) < 4.78 is 0. The number of benzene rings is 1. The number of halogens is 1. The first-order chi connectivity index (χ1) is 6.61. The minimum atomic E-state index is -0.333. The molecule has 0 aliphatic rings. The first-order valence-electron chi connectivity index (χ1n) is 4.77. The van der Waals surface area contributed by atoms with E-state index in [-0.39, 0.29) is 12.1 Å². The van der Waals surface area contributed by atoms with Crippen LogP contribution in [-0.2, 0) is 0 Å². The van der Waals surface area contributed by atoms with Gasteiger partial charge in [0.05, 0.1) is 6.10 Å². The maximum atomic E-state index is 9.12. The average Bonchev–Trinajstić information content (AvgIpc) is 2.15. The summed E-state index contributed by atoms with van der Waals surface area (Å²) in [6, 6.07) is 7.90. The van der Waals surface area contributed by atoms with Gasteiger partial charge in [-0.3, -0.25) is 0 Å². The Kier molecular flexibility index (Phi) is 4.39. The molecule has 1 aromatic rings. The molecule has 0 spiro atoms. The molecule has 14 heavy (non-hydrogen) atoms. The molecule has 0 fully saturated rings. The van der Waals surface area contributed by atoms with Crippen molar-refractivity contribution in [1.82, 2.24) is 5.32 Å². The van der Waals surface area contributed by atoms with E-state index in [0.29, 0.717) is 6.54 Å². The molecule has 0 saturated heterocycles. The van der Waals surface area contributed by atoms with Crippen molar-refractivity contribution in [2.75, 3.05) is 6.54 Å². The van der Waals surface area contributed by atoms with Crippen molar-refractivity contribution in [3.05, 3.63) is 34.9 Å². The van der Waals surface area contributed by atoms with Gasteiger partial charge in [-0.1, -0.05) is 29.8 Å². The van der Waals surface area contributed by atoms with Gasteiger partial charge in [-0.25, -0.2) is 0 Å². The number of nitrogens with one attached hydrogen (secondary N) is 1. The first kappa shape index (κ1) is 11.5. The maximum absolute atomic E-state index is 9.12. The zero-order valence-corrected chi connectivity index (χ0v) is 9.25. The van der Waals surface area contributed by atoms with Gasteiger partial charge >= 0.3 is 0 Å². The van der Waals surface area contributed by atoms with Gasteiger partial charge in [0.1, 0.15) is 0 Å². The topological polar surface area (TPSA) is 32.3 Å². The van der Waals surface area contributed by atoms with Crippen molar-refractivity contribution in [3.63, 3.8) is 0 Å². The van der Waals surface area contributed by atoms with Gasteiger partial charge in [-0.05, 0) is 25.5 Å². The lowest BCUT2D eigenvalue weighted by molar-refractivity contribution is 0.187. The molecule has 0 aromatic heterocycles. The highest BCUT2D eigenvalue weighted by atomic mass is 35.5. The SMILES string of the molecule is C[C@@H](O)CN[C@H](C)c1ccccc1Cl. The summed E-state index contributed by atoms with van der Waals surface area (Å²) in [6.07, 6.45) is -0.333. The Morgan fingerprint density at radius 3 is 2.57 bits per heavy atom. The second-order valence-electron chi connectivity index (χ2n) is 3.50. The van der Waals surface area contributed by atoms with Crippen LogP contribution in [0.5, 0.6) is 0 Å². The van der Waals surface area contributed by atoms with Gasteiger partial charge in [-0.15, -0.1) is 0 Å². The average molecular weight is 214 g/mol. The summed E-state index contributed by atoms with van der Waals surface area (Å²) in [7, 11) is 0. The number of hydrogen-bond acceptors (Lipinski definition) is 2. The molecule has 2 atom stereocenters. The largest absolute Gasteiger partial charge is 0.392 e. The highest BCUT2D eigenvalue weighted by Gasteiger charge is 2.08. The van der Waals surface area contributed by atoms with E-state index in [1.54, 1.807) is 6.92 Å². The number of rotatable bonds is 4. The maximum Gasteiger partial charge on any atom is 0.0636 e. The van der Waals surface area contributed by atoms with Crippen molar-refractivity contribution in [1.29, 1.82) is 0 Å². The fourth-order valence-electron chi connectivity index (χ4n) is 1.28. The third kappa shape index (κ3) is 3.29. The summed E-state index contributed by atoms with van der Waals surface area (Å²) in [4.78, 5) is 0. The minimum Gasteiger partial charge on any atom is -0.392 e. The van der Waals surface area contributed by atoms with Crippen LogP contribution in [0.4, 0.5) is 0 Å². The minimum absolute atomic E-state index is 0.165. The van der Waals surface area contributed by atoms with Crippen molar-refractivity contribution in [2.45, 2.75) is 26.0 Å². The van der Waals surface area contributed by atoms with Gasteiger partial charge in [0.15, 0.2) is 0 Å². The van der Waals surface area contributed by atoms with Crippen LogP contribution in [0.1, 0.15) is 25.5 Å². The molecular formula is C11H16ClNO. The van der Waals surface area contributed by atoms with Gasteiger partial charge in [-0.2, -0.15) is 0 Å². The molecule has 0 bridgehead atoms. The smallest absolute Gasteiger partial charge is 0.0636 e. The van der Waals surface area contributed by atoms with Crippen molar-refractivity contribution < 1.29 is 5.11 Å². The highest BCUT2D eigenvalue weighted by Crippen LogP contribution is 2.21. The molecule has 0 aliphatic carbocycles. The Balaban J connectivity index is 2.60. The summed E-state index contributed by atoms with van der Waals surface area (Å²) in [5.41, 5.74) is 1.06. The summed E-state index contributed by atoms with van der Waals surface area (Å²) in [5, 5.41) is 13.1. The van der Waals surface area contributed by atoms with E-state index in [1.807, 2.05) is 31.2 Å². The summed E-state index contributed by atoms with van der Waals surface area (Å²) >= 11 is 6.03. The number of aliphatic hydroxyl groups is 1. The molecule has 0 saturated carbocycles. The number of hydrogen-bond donors (Lipinski definition) is 2. The molecular weight excluding hydrogens is 198 g/mol. The second-order valence-corrected chi connectivity index (χ2v) is 3.91. The molecule has 1 rings (SSSR count). The lowest BCUT2D eigenvalue weighted by Gasteiger charge is -2.16. The predicted molar refractivity (Wildman–Crippen MR) is 59.6 cm³/mol. The molecule has 0 amide bonds. The zero-order valence-electron chi connectivity index (χ0n) is 8.50. The quantitative estimate of drug-likeness (QED) is 0.805. The van der Waals surface area contributed by atoms with Crippen LogP contribution >= 0.6 is 11.6 Å². The molecule has 2 nitrogen and oxygen atoms in total. The van der Waals surface area contributed by atoms with Crippen LogP contribution in [0.2, 0.25) is 5.02 Å². The highest BCUT2D eigenvalue weighted by molar-refractivity contribution is 6.31. The third-order valence-corrected chi connectivity index (χ3v) is 2.44. The van der Waals surface area contributed by atoms with Crippen LogP contribution in [0.25, 0.3) is 0 Å². The Bertz CT molecular complexity index is 288. The van der Waals surface area contributed by atoms with E-state index < -0.39 is 0 Å². The Morgan fingerprint density at radius 1 is 1.36 bits per heavy atom. The van der Waals surface area contributed by atoms with Crippen molar-refractivity contribution in [2.24, 2.45) is 0 Å². The zero-order chi connectivity index (χ0) is 10.6. The van der Waals surface area contributed by atoms with E-state index in [1.165, 1.54) is 0 Å². The molecule has 0 heterocycles. The molecule has 0 unspecified atom stereocenters. The van der Waals surface area contributed by atoms with Crippen LogP contribution in [-0.4, -0.2) is 17.8 Å². The second kappa shape index (κ2) is 5.35. The standard InChI is InChI=1S/C11H16ClNO/c1-8(14)7-13-9(2)10-5-3-4-6-11(10)12/h3-6,8-9,13-14H,7H2,1-2H3/t8-,9-/m1/s1. The van der Waals surface area contributed by atoms with E-state index in [0.717, 1.165) is 10.6 Å². The summed E-state index contributed by atoms with van der Waals surface area (Å²) in [6.45, 7) is 4.36. The lowest BCUT2D eigenvalue weighted by atomic mass is 10.1. The van der Waals surface area contributed by atoms with Crippen molar-refractivity contribution >= 4 is 11.6 Å². The lowest BCUT2D eigenvalue weighted by Crippen LogP contribution is -2.27. The van der Waals surface area contributed by atoms with E-state index in [2.05, 4.69) is 5.32 Å². The van der Waals surface area contributed by atoms with Gasteiger partial charge < -0.3 is 10.4 Å². The van der Waals surface area contributed by atoms with E-state index in [4.69, 9.17) is 16.7 Å². The van der Waals surface area contributed by atoms with Crippen LogP contribution in [0, 0.1) is 0 Å². The Morgan fingerprint density at radius 2 is 2.00 bits per heavy atom. The molecule has 2 N–H and O–H groups in total. The monoisotopic (exact) mass is 213 g/mol. The first-order valence-corrected chi connectivity index (χ1v) is 5.15. The van der Waals surface area contributed by atoms with E-state index in [9.17, 15) is 0 Å². The third-order valence-electron chi connectivity index (χ3n) is 2.09. The van der Waals surface area contributed by atoms with Gasteiger partial charge in [0, 0.05) is 17.6 Å². The molecule has 0 aliphatic heterocycles. The Labute approximate surface area is 89.9 Å². The molecule has 1 aromatic carbocycles. The number of aliphatic hydroxyl groups excluding tert-OH is 1. The molecule has 0 radical (unpaired) electrons. The van der Waals surface area contributed by atoms with Crippen LogP contribution in [0.3, 0.4) is 0 Å². The predicted octanol–water partition coefficient (Wildman–Crippen LogP) is 2.37. The van der Waals surface area contributed by atoms with E-state index >= 15 is 0 Å². The van der Waals surface area contributed by atoms with Crippen LogP contribution in [0.15, 0.2) is 24.3 Å². The molecule has 3 heteroatoms. The van der Waals surface area contributed by atoms with Crippen LogP contribution < -0.4 is 5.32 Å². The fraction of sp³-hybridized carbons (Fsp3) is 0.455. The van der Waals surface area contributed by atoms with Gasteiger partial charge in [0.25, 0.3) is 0 Å². The summed E-state index contributed by atoms with van der Waals surface area (Å²) in [5.74, 6) is 0. The molecule has 78 valence electrons. The van der Waals surface area contributed by atoms with Gasteiger partial charge in [0.2, 0.25) is 0 Å². The normalized spacial score (nSPS) is 15.1.